The highest BCUT2D eigenvalue weighted by atomic mass is 32.1. The highest BCUT2D eigenvalue weighted by Gasteiger charge is 2.27. The molecule has 9 heteroatoms. The van der Waals surface area contributed by atoms with Crippen molar-refractivity contribution in [2.45, 2.75) is 6.18 Å². The molecule has 0 radical (unpaired) electrons. The fourth-order valence-electron chi connectivity index (χ4n) is 2.94. The molecule has 0 spiro atoms. The first-order chi connectivity index (χ1) is 14.4. The zero-order valence-corrected chi connectivity index (χ0v) is 16.4. The van der Waals surface area contributed by atoms with Gasteiger partial charge in [-0.15, -0.1) is 11.3 Å². The maximum atomic E-state index is 12.6. The topological polar surface area (TPSA) is 59.6 Å². The Morgan fingerprint density at radius 1 is 0.967 bits per heavy atom. The molecule has 1 aliphatic rings. The van der Waals surface area contributed by atoms with Crippen LogP contribution in [-0.2, 0) is 0 Å². The van der Waals surface area contributed by atoms with Crippen LogP contribution in [-0.4, -0.2) is 31.8 Å². The third kappa shape index (κ3) is 4.68. The van der Waals surface area contributed by atoms with Crippen LogP contribution >= 0.6 is 11.3 Å². The summed E-state index contributed by atoms with van der Waals surface area (Å²) in [4.78, 5) is 13.9. The summed E-state index contributed by atoms with van der Waals surface area (Å²) >= 11 is 1.28. The van der Waals surface area contributed by atoms with E-state index in [0.717, 1.165) is 10.4 Å². The summed E-state index contributed by atoms with van der Waals surface area (Å²) in [6.07, 6.45) is -4.36. The largest absolute Gasteiger partial charge is 0.486 e. The highest BCUT2D eigenvalue weighted by molar-refractivity contribution is 7.17. The third-order valence-corrected chi connectivity index (χ3v) is 5.44. The van der Waals surface area contributed by atoms with Crippen LogP contribution in [0, 0.1) is 0 Å². The smallest absolute Gasteiger partial charge is 0.405 e. The van der Waals surface area contributed by atoms with Gasteiger partial charge in [-0.05, 0) is 48.0 Å². The fourth-order valence-corrected chi connectivity index (χ4v) is 3.83. The number of anilines is 2. The molecule has 3 aromatic rings. The molecule has 0 saturated carbocycles. The van der Waals surface area contributed by atoms with Crippen molar-refractivity contribution in [2.75, 3.05) is 30.4 Å². The number of ether oxygens (including phenoxy) is 2. The lowest BCUT2D eigenvalue weighted by molar-refractivity contribution is -0.115. The molecule has 1 aliphatic heterocycles. The maximum Gasteiger partial charge on any atom is 0.405 e. The van der Waals surface area contributed by atoms with Crippen LogP contribution in [0.25, 0.3) is 10.4 Å². The molecule has 156 valence electrons. The van der Waals surface area contributed by atoms with Crippen molar-refractivity contribution in [3.8, 4) is 21.9 Å². The van der Waals surface area contributed by atoms with Crippen molar-refractivity contribution in [3.63, 3.8) is 0 Å². The van der Waals surface area contributed by atoms with Gasteiger partial charge in [0, 0.05) is 4.88 Å². The van der Waals surface area contributed by atoms with Gasteiger partial charge in [0.05, 0.1) is 16.3 Å². The van der Waals surface area contributed by atoms with Crippen molar-refractivity contribution in [1.29, 1.82) is 0 Å². The van der Waals surface area contributed by atoms with Gasteiger partial charge in [0.1, 0.15) is 19.8 Å². The Kier molecular flexibility index (Phi) is 5.54. The fraction of sp³-hybridized carbons (Fsp3) is 0.190. The summed E-state index contributed by atoms with van der Waals surface area (Å²) in [6, 6.07) is 15.3. The Balaban J connectivity index is 1.49. The minimum Gasteiger partial charge on any atom is -0.486 e. The summed E-state index contributed by atoms with van der Waals surface area (Å²) in [5.74, 6) is 0.940. The summed E-state index contributed by atoms with van der Waals surface area (Å²) < 4.78 is 48.6. The zero-order chi connectivity index (χ0) is 21.1. The van der Waals surface area contributed by atoms with Crippen LogP contribution in [0.2, 0.25) is 0 Å². The molecule has 0 bridgehead atoms. The Bertz CT molecular complexity index is 1070. The molecule has 2 N–H and O–H groups in total. The molecule has 2 aromatic carbocycles. The second-order valence-electron chi connectivity index (χ2n) is 6.49. The first-order valence-corrected chi connectivity index (χ1v) is 9.91. The maximum absolute atomic E-state index is 12.6. The van der Waals surface area contributed by atoms with Crippen LogP contribution in [0.5, 0.6) is 11.5 Å². The number of fused-ring (bicyclic) bond motifs is 1. The van der Waals surface area contributed by atoms with Gasteiger partial charge >= 0.3 is 6.18 Å². The predicted molar refractivity (Wildman–Crippen MR) is 110 cm³/mol. The molecule has 1 amide bonds. The van der Waals surface area contributed by atoms with Gasteiger partial charge in [-0.3, -0.25) is 4.79 Å². The van der Waals surface area contributed by atoms with Gasteiger partial charge in [-0.2, -0.15) is 13.2 Å². The minimum absolute atomic E-state index is 0.201. The highest BCUT2D eigenvalue weighted by Crippen LogP contribution is 2.37. The van der Waals surface area contributed by atoms with E-state index in [1.807, 2.05) is 24.3 Å². The number of carbonyl (C=O) groups is 1. The molecule has 0 saturated heterocycles. The van der Waals surface area contributed by atoms with Gasteiger partial charge in [-0.1, -0.05) is 12.1 Å². The van der Waals surface area contributed by atoms with E-state index < -0.39 is 18.6 Å². The van der Waals surface area contributed by atoms with Crippen molar-refractivity contribution in [1.82, 2.24) is 0 Å². The number of hydrogen-bond acceptors (Lipinski definition) is 5. The first-order valence-electron chi connectivity index (χ1n) is 9.10. The molecule has 0 aliphatic carbocycles. The van der Waals surface area contributed by atoms with Crippen LogP contribution in [0.3, 0.4) is 0 Å². The van der Waals surface area contributed by atoms with Gasteiger partial charge < -0.3 is 20.1 Å². The summed E-state index contributed by atoms with van der Waals surface area (Å²) in [5.41, 5.74) is 1.36. The normalized spacial score (nSPS) is 13.0. The van der Waals surface area contributed by atoms with Crippen molar-refractivity contribution >= 4 is 28.6 Å². The second kappa shape index (κ2) is 8.27. The van der Waals surface area contributed by atoms with Gasteiger partial charge in [-0.25, -0.2) is 0 Å². The number of nitrogens with one attached hydrogen (secondary N) is 2. The summed E-state index contributed by atoms with van der Waals surface area (Å²) in [6.45, 7) is -0.196. The summed E-state index contributed by atoms with van der Waals surface area (Å²) in [5, 5.41) is 4.98. The number of thiophene rings is 1. The number of alkyl halides is 3. The SMILES string of the molecule is O=C(Nc1ccccc1NCC(F)(F)F)c1ccc(-c2ccc3c(c2)OCCO3)s1. The van der Waals surface area contributed by atoms with Gasteiger partial charge in [0.15, 0.2) is 11.5 Å². The quantitative estimate of drug-likeness (QED) is 0.564. The van der Waals surface area contributed by atoms with Crippen LogP contribution < -0.4 is 20.1 Å². The van der Waals surface area contributed by atoms with E-state index in [-0.39, 0.29) is 11.4 Å². The monoisotopic (exact) mass is 434 g/mol. The van der Waals surface area contributed by atoms with E-state index in [0.29, 0.717) is 29.6 Å². The van der Waals surface area contributed by atoms with Crippen molar-refractivity contribution in [2.24, 2.45) is 0 Å². The molecular weight excluding hydrogens is 417 g/mol. The van der Waals surface area contributed by atoms with Crippen LogP contribution in [0.1, 0.15) is 9.67 Å². The first kappa shape index (κ1) is 20.1. The Morgan fingerprint density at radius 2 is 1.70 bits per heavy atom. The number of benzene rings is 2. The third-order valence-electron chi connectivity index (χ3n) is 4.31. The number of carbonyl (C=O) groups excluding carboxylic acids is 1. The van der Waals surface area contributed by atoms with E-state index in [4.69, 9.17) is 9.47 Å². The van der Waals surface area contributed by atoms with Gasteiger partial charge in [0.2, 0.25) is 0 Å². The average molecular weight is 434 g/mol. The lowest BCUT2D eigenvalue weighted by Gasteiger charge is -2.18. The Labute approximate surface area is 174 Å². The number of halogens is 3. The minimum atomic E-state index is -4.36. The van der Waals surface area contributed by atoms with Crippen molar-refractivity contribution in [3.05, 3.63) is 59.5 Å². The number of para-hydroxylation sites is 2. The Morgan fingerprint density at radius 3 is 2.47 bits per heavy atom. The zero-order valence-electron chi connectivity index (χ0n) is 15.6. The van der Waals surface area contributed by atoms with E-state index in [1.54, 1.807) is 24.3 Å². The average Bonchev–Trinajstić information content (AvgIpc) is 3.23. The van der Waals surface area contributed by atoms with E-state index in [1.165, 1.54) is 17.4 Å². The molecule has 1 aromatic heterocycles. The second-order valence-corrected chi connectivity index (χ2v) is 7.57. The standard InChI is InChI=1S/C21H17F3N2O3S/c22-21(23,24)12-25-14-3-1-2-4-15(14)26-20(27)19-8-7-18(30-19)13-5-6-16-17(11-13)29-10-9-28-16/h1-8,11,25H,9-10,12H2,(H,26,27). The molecule has 0 unspecified atom stereocenters. The molecular formula is C21H17F3N2O3S. The number of amides is 1. The number of rotatable bonds is 5. The molecule has 0 atom stereocenters. The molecule has 2 heterocycles. The lowest BCUT2D eigenvalue weighted by atomic mass is 10.1. The van der Waals surface area contributed by atoms with Crippen molar-refractivity contribution < 1.29 is 27.4 Å². The molecule has 30 heavy (non-hydrogen) atoms. The summed E-state index contributed by atoms with van der Waals surface area (Å²) in [7, 11) is 0. The van der Waals surface area contributed by atoms with E-state index >= 15 is 0 Å². The molecule has 5 nitrogen and oxygen atoms in total. The van der Waals surface area contributed by atoms with E-state index in [2.05, 4.69) is 10.6 Å². The molecule has 4 rings (SSSR count). The lowest BCUT2D eigenvalue weighted by Crippen LogP contribution is -2.22. The predicted octanol–water partition coefficient (Wildman–Crippen LogP) is 5.41. The Hall–Kier alpha value is -3.20. The van der Waals surface area contributed by atoms with Gasteiger partial charge in [0.25, 0.3) is 5.91 Å². The van der Waals surface area contributed by atoms with E-state index in [9.17, 15) is 18.0 Å². The number of hydrogen-bond donors (Lipinski definition) is 2. The van der Waals surface area contributed by atoms with Crippen LogP contribution in [0.4, 0.5) is 24.5 Å². The van der Waals surface area contributed by atoms with Crippen LogP contribution in [0.15, 0.2) is 54.6 Å². The molecule has 0 fully saturated rings.